The lowest BCUT2D eigenvalue weighted by atomic mass is 10.1. The number of carbonyl (C=O) groups excluding carboxylic acids is 1. The highest BCUT2D eigenvalue weighted by Gasteiger charge is 2.33. The maximum Gasteiger partial charge on any atom is 0.254 e. The standard InChI is InChI=1S/C25H27N3O3/c1-25(2)30-22-10-9-18(13-23(22)31-25)24(29)28(15-20-8-5-11-26-20)16-21-12-17-6-3-4-7-19(17)14-27-21/h3-4,6-7,9-10,12-14,20,26H,5,8,11,15-16H2,1-2H3/t20-/m0/s1. The van der Waals surface area contributed by atoms with E-state index >= 15 is 0 Å². The number of hydrogen-bond acceptors (Lipinski definition) is 5. The Kier molecular flexibility index (Phi) is 5.02. The minimum atomic E-state index is -0.716. The van der Waals surface area contributed by atoms with Crippen LogP contribution in [0.2, 0.25) is 0 Å². The molecule has 6 heteroatoms. The van der Waals surface area contributed by atoms with Gasteiger partial charge in [-0.2, -0.15) is 0 Å². The number of carbonyl (C=O) groups is 1. The summed E-state index contributed by atoms with van der Waals surface area (Å²) < 4.78 is 11.6. The average Bonchev–Trinajstić information content (AvgIpc) is 3.37. The molecule has 1 N–H and O–H groups in total. The summed E-state index contributed by atoms with van der Waals surface area (Å²) >= 11 is 0. The first-order valence-electron chi connectivity index (χ1n) is 10.9. The molecule has 0 saturated carbocycles. The van der Waals surface area contributed by atoms with Crippen molar-refractivity contribution in [3.63, 3.8) is 0 Å². The van der Waals surface area contributed by atoms with E-state index in [1.54, 1.807) is 6.07 Å². The molecule has 3 heterocycles. The Morgan fingerprint density at radius 2 is 1.94 bits per heavy atom. The smallest absolute Gasteiger partial charge is 0.254 e. The number of benzene rings is 2. The van der Waals surface area contributed by atoms with Crippen molar-refractivity contribution >= 4 is 16.7 Å². The molecular formula is C25H27N3O3. The summed E-state index contributed by atoms with van der Waals surface area (Å²) in [6.45, 7) is 5.82. The molecule has 5 rings (SSSR count). The lowest BCUT2D eigenvalue weighted by Gasteiger charge is -2.26. The second kappa shape index (κ2) is 7.85. The van der Waals surface area contributed by atoms with Crippen LogP contribution in [0.1, 0.15) is 42.7 Å². The largest absolute Gasteiger partial charge is 0.449 e. The van der Waals surface area contributed by atoms with Crippen LogP contribution in [0.4, 0.5) is 0 Å². The Bertz CT molecular complexity index is 1120. The van der Waals surface area contributed by atoms with E-state index in [0.29, 0.717) is 36.2 Å². The van der Waals surface area contributed by atoms with Gasteiger partial charge in [0, 0.05) is 43.6 Å². The van der Waals surface area contributed by atoms with Crippen LogP contribution in [-0.4, -0.2) is 40.7 Å². The topological polar surface area (TPSA) is 63.7 Å². The second-order valence-electron chi connectivity index (χ2n) is 8.77. The highest BCUT2D eigenvalue weighted by atomic mass is 16.7. The molecule has 31 heavy (non-hydrogen) atoms. The van der Waals surface area contributed by atoms with Gasteiger partial charge in [0.2, 0.25) is 5.79 Å². The monoisotopic (exact) mass is 417 g/mol. The Hall–Kier alpha value is -3.12. The number of rotatable bonds is 5. The highest BCUT2D eigenvalue weighted by Crippen LogP contribution is 2.39. The number of nitrogens with zero attached hydrogens (tertiary/aromatic N) is 2. The van der Waals surface area contributed by atoms with Crippen molar-refractivity contribution in [3.8, 4) is 11.5 Å². The van der Waals surface area contributed by atoms with Crippen molar-refractivity contribution in [1.82, 2.24) is 15.2 Å². The van der Waals surface area contributed by atoms with Crippen LogP contribution in [0.3, 0.4) is 0 Å². The van der Waals surface area contributed by atoms with Gasteiger partial charge in [-0.05, 0) is 49.0 Å². The van der Waals surface area contributed by atoms with Gasteiger partial charge in [0.1, 0.15) is 0 Å². The quantitative estimate of drug-likeness (QED) is 0.676. The molecule has 6 nitrogen and oxygen atoms in total. The molecule has 1 aromatic heterocycles. The van der Waals surface area contributed by atoms with Gasteiger partial charge in [-0.25, -0.2) is 0 Å². The minimum absolute atomic E-state index is 0.0280. The van der Waals surface area contributed by atoms with Crippen molar-refractivity contribution in [1.29, 1.82) is 0 Å². The first-order chi connectivity index (χ1) is 15.0. The number of fused-ring (bicyclic) bond motifs is 2. The molecule has 160 valence electrons. The fourth-order valence-corrected chi connectivity index (χ4v) is 4.35. The molecule has 1 atom stereocenters. The van der Waals surface area contributed by atoms with Crippen molar-refractivity contribution in [2.75, 3.05) is 13.1 Å². The molecule has 0 unspecified atom stereocenters. The van der Waals surface area contributed by atoms with Crippen molar-refractivity contribution < 1.29 is 14.3 Å². The maximum absolute atomic E-state index is 13.5. The zero-order chi connectivity index (χ0) is 21.4. The summed E-state index contributed by atoms with van der Waals surface area (Å²) in [7, 11) is 0. The lowest BCUT2D eigenvalue weighted by molar-refractivity contribution is -0.0431. The van der Waals surface area contributed by atoms with Gasteiger partial charge < -0.3 is 19.7 Å². The third-order valence-corrected chi connectivity index (χ3v) is 5.83. The molecule has 1 fully saturated rings. The number of aromatic nitrogens is 1. The highest BCUT2D eigenvalue weighted by molar-refractivity contribution is 5.95. The first-order valence-corrected chi connectivity index (χ1v) is 10.9. The average molecular weight is 418 g/mol. The van der Waals surface area contributed by atoms with Crippen LogP contribution >= 0.6 is 0 Å². The van der Waals surface area contributed by atoms with E-state index in [4.69, 9.17) is 9.47 Å². The number of ether oxygens (including phenoxy) is 2. The van der Waals surface area contributed by atoms with Gasteiger partial charge in [-0.15, -0.1) is 0 Å². The Balaban J connectivity index is 1.42. The first kappa shape index (κ1) is 19.8. The van der Waals surface area contributed by atoms with E-state index in [1.165, 1.54) is 0 Å². The summed E-state index contributed by atoms with van der Waals surface area (Å²) in [6.07, 6.45) is 4.09. The van der Waals surface area contributed by atoms with E-state index < -0.39 is 5.79 Å². The van der Waals surface area contributed by atoms with Crippen molar-refractivity contribution in [2.45, 2.75) is 45.1 Å². The van der Waals surface area contributed by atoms with Crippen LogP contribution < -0.4 is 14.8 Å². The molecule has 2 aliphatic rings. The molecular weight excluding hydrogens is 390 g/mol. The minimum Gasteiger partial charge on any atom is -0.449 e. The van der Waals surface area contributed by atoms with Gasteiger partial charge in [-0.1, -0.05) is 24.3 Å². The fraction of sp³-hybridized carbons (Fsp3) is 0.360. The van der Waals surface area contributed by atoms with Crippen LogP contribution in [0.5, 0.6) is 11.5 Å². The Morgan fingerprint density at radius 1 is 1.13 bits per heavy atom. The molecule has 0 radical (unpaired) electrons. The molecule has 2 aliphatic heterocycles. The predicted molar refractivity (Wildman–Crippen MR) is 119 cm³/mol. The summed E-state index contributed by atoms with van der Waals surface area (Å²) in [5, 5.41) is 5.73. The third-order valence-electron chi connectivity index (χ3n) is 5.83. The zero-order valence-corrected chi connectivity index (χ0v) is 17.9. The maximum atomic E-state index is 13.5. The van der Waals surface area contributed by atoms with Gasteiger partial charge >= 0.3 is 0 Å². The van der Waals surface area contributed by atoms with Crippen LogP contribution in [0.25, 0.3) is 10.8 Å². The van der Waals surface area contributed by atoms with E-state index in [2.05, 4.69) is 22.4 Å². The molecule has 0 spiro atoms. The van der Waals surface area contributed by atoms with Gasteiger partial charge in [-0.3, -0.25) is 9.78 Å². The molecule has 3 aromatic rings. The Morgan fingerprint density at radius 3 is 2.74 bits per heavy atom. The number of hydrogen-bond donors (Lipinski definition) is 1. The molecule has 0 aliphatic carbocycles. The van der Waals surface area contributed by atoms with E-state index in [1.807, 2.05) is 55.3 Å². The van der Waals surface area contributed by atoms with Crippen LogP contribution in [0.15, 0.2) is 54.7 Å². The van der Waals surface area contributed by atoms with Crippen LogP contribution in [-0.2, 0) is 6.54 Å². The van der Waals surface area contributed by atoms with Gasteiger partial charge in [0.05, 0.1) is 12.2 Å². The zero-order valence-electron chi connectivity index (χ0n) is 17.9. The normalized spacial score (nSPS) is 19.0. The molecule has 0 bridgehead atoms. The molecule has 1 saturated heterocycles. The van der Waals surface area contributed by atoms with Gasteiger partial charge in [0.25, 0.3) is 5.91 Å². The van der Waals surface area contributed by atoms with E-state index in [-0.39, 0.29) is 5.91 Å². The van der Waals surface area contributed by atoms with Crippen molar-refractivity contribution in [3.05, 3.63) is 66.0 Å². The predicted octanol–water partition coefficient (Wildman–Crippen LogP) is 4.14. The fourth-order valence-electron chi connectivity index (χ4n) is 4.35. The summed E-state index contributed by atoms with van der Waals surface area (Å²) in [5.74, 6) is 0.534. The van der Waals surface area contributed by atoms with Crippen LogP contribution in [0, 0.1) is 0 Å². The Labute approximate surface area is 182 Å². The lowest BCUT2D eigenvalue weighted by Crippen LogP contribution is -2.40. The molecule has 2 aromatic carbocycles. The SMILES string of the molecule is CC1(C)Oc2ccc(C(=O)N(Cc3cc4ccccc4cn3)C[C@@H]3CCCN3)cc2O1. The summed E-state index contributed by atoms with van der Waals surface area (Å²) in [6, 6.07) is 15.9. The third kappa shape index (κ3) is 4.21. The summed E-state index contributed by atoms with van der Waals surface area (Å²) in [4.78, 5) is 20.0. The van der Waals surface area contributed by atoms with E-state index in [0.717, 1.165) is 35.9 Å². The van der Waals surface area contributed by atoms with E-state index in [9.17, 15) is 4.79 Å². The van der Waals surface area contributed by atoms with Crippen molar-refractivity contribution in [2.24, 2.45) is 0 Å². The molecule has 1 amide bonds. The van der Waals surface area contributed by atoms with Gasteiger partial charge in [0.15, 0.2) is 11.5 Å². The number of nitrogens with one attached hydrogen (secondary N) is 1. The second-order valence-corrected chi connectivity index (χ2v) is 8.77. The summed E-state index contributed by atoms with van der Waals surface area (Å²) in [5.41, 5.74) is 1.48. The number of amides is 1. The number of pyridine rings is 1.